The average Bonchev–Trinajstić information content (AvgIpc) is 2.70. The summed E-state index contributed by atoms with van der Waals surface area (Å²) in [5.74, 6) is 0. The van der Waals surface area contributed by atoms with Crippen molar-refractivity contribution in [1.29, 1.82) is 0 Å². The Balaban J connectivity index is 2.10. The van der Waals surface area contributed by atoms with Gasteiger partial charge in [0.25, 0.3) is 0 Å². The van der Waals surface area contributed by atoms with Crippen molar-refractivity contribution in [3.05, 3.63) is 30.5 Å². The third-order valence-corrected chi connectivity index (χ3v) is 3.80. The molecule has 0 unspecified atom stereocenters. The van der Waals surface area contributed by atoms with E-state index in [2.05, 4.69) is 35.9 Å². The molecule has 2 heterocycles. The number of aromatic nitrogens is 1. The van der Waals surface area contributed by atoms with E-state index in [4.69, 9.17) is 5.73 Å². The number of hydrogen-bond donors (Lipinski definition) is 1. The molecule has 3 rings (SSSR count). The molecule has 94 valence electrons. The SMILES string of the molecule is CC1(C)CCN(c2ccnc3c(N)cccc23)C1. The molecule has 18 heavy (non-hydrogen) atoms. The molecular weight excluding hydrogens is 222 g/mol. The minimum Gasteiger partial charge on any atom is -0.397 e. The Kier molecular flexibility index (Phi) is 2.44. The third-order valence-electron chi connectivity index (χ3n) is 3.80. The van der Waals surface area contributed by atoms with Crippen molar-refractivity contribution in [2.24, 2.45) is 5.41 Å². The molecule has 0 radical (unpaired) electrons. The number of benzene rings is 1. The molecule has 1 fully saturated rings. The molecule has 3 nitrogen and oxygen atoms in total. The number of fused-ring (bicyclic) bond motifs is 1. The summed E-state index contributed by atoms with van der Waals surface area (Å²) in [5.41, 5.74) is 9.33. The van der Waals surface area contributed by atoms with Crippen LogP contribution in [0.25, 0.3) is 10.9 Å². The summed E-state index contributed by atoms with van der Waals surface area (Å²) in [6.45, 7) is 6.86. The molecule has 0 aliphatic carbocycles. The van der Waals surface area contributed by atoms with Gasteiger partial charge >= 0.3 is 0 Å². The van der Waals surface area contributed by atoms with E-state index >= 15 is 0 Å². The highest BCUT2D eigenvalue weighted by molar-refractivity contribution is 5.98. The predicted octanol–water partition coefficient (Wildman–Crippen LogP) is 3.05. The van der Waals surface area contributed by atoms with Crippen LogP contribution >= 0.6 is 0 Å². The molecule has 1 aromatic heterocycles. The van der Waals surface area contributed by atoms with Crippen LogP contribution in [0.1, 0.15) is 20.3 Å². The van der Waals surface area contributed by atoms with Crippen LogP contribution in [-0.4, -0.2) is 18.1 Å². The average molecular weight is 241 g/mol. The van der Waals surface area contributed by atoms with Gasteiger partial charge in [0.1, 0.15) is 0 Å². The minimum atomic E-state index is 0.399. The van der Waals surface area contributed by atoms with Gasteiger partial charge < -0.3 is 10.6 Å². The second-order valence-corrected chi connectivity index (χ2v) is 5.91. The van der Waals surface area contributed by atoms with Crippen LogP contribution in [0, 0.1) is 5.41 Å². The van der Waals surface area contributed by atoms with Crippen LogP contribution < -0.4 is 10.6 Å². The first-order valence-corrected chi connectivity index (χ1v) is 6.45. The Morgan fingerprint density at radius 3 is 2.83 bits per heavy atom. The van der Waals surface area contributed by atoms with Crippen LogP contribution in [0.15, 0.2) is 30.5 Å². The van der Waals surface area contributed by atoms with Gasteiger partial charge in [0, 0.05) is 30.4 Å². The summed E-state index contributed by atoms with van der Waals surface area (Å²) in [4.78, 5) is 6.85. The van der Waals surface area contributed by atoms with Crippen molar-refractivity contribution in [1.82, 2.24) is 4.98 Å². The maximum atomic E-state index is 6.00. The molecule has 0 amide bonds. The quantitative estimate of drug-likeness (QED) is 0.780. The van der Waals surface area contributed by atoms with Crippen molar-refractivity contribution in [3.8, 4) is 0 Å². The lowest BCUT2D eigenvalue weighted by Gasteiger charge is -2.23. The normalized spacial score (nSPS) is 18.4. The first kappa shape index (κ1) is 11.3. The van der Waals surface area contributed by atoms with E-state index in [9.17, 15) is 0 Å². The van der Waals surface area contributed by atoms with Crippen LogP contribution in [0.3, 0.4) is 0 Å². The fourth-order valence-corrected chi connectivity index (χ4v) is 2.78. The summed E-state index contributed by atoms with van der Waals surface area (Å²) in [6.07, 6.45) is 3.10. The van der Waals surface area contributed by atoms with E-state index in [1.54, 1.807) is 0 Å². The lowest BCUT2D eigenvalue weighted by molar-refractivity contribution is 0.418. The summed E-state index contributed by atoms with van der Waals surface area (Å²) in [6, 6.07) is 8.12. The van der Waals surface area contributed by atoms with E-state index in [-0.39, 0.29) is 0 Å². The first-order chi connectivity index (χ1) is 8.57. The number of anilines is 2. The fraction of sp³-hybridized carbons (Fsp3) is 0.400. The maximum Gasteiger partial charge on any atom is 0.0951 e. The number of nitrogen functional groups attached to an aromatic ring is 1. The summed E-state index contributed by atoms with van der Waals surface area (Å²) in [5, 5.41) is 1.16. The van der Waals surface area contributed by atoms with Gasteiger partial charge in [-0.25, -0.2) is 0 Å². The number of rotatable bonds is 1. The van der Waals surface area contributed by atoms with Crippen molar-refractivity contribution >= 4 is 22.3 Å². The minimum absolute atomic E-state index is 0.399. The number of pyridine rings is 1. The standard InChI is InChI=1S/C15H19N3/c1-15(2)7-9-18(10-15)13-6-8-17-14-11(13)4-3-5-12(14)16/h3-6,8H,7,9-10,16H2,1-2H3. The Morgan fingerprint density at radius 1 is 1.28 bits per heavy atom. The Morgan fingerprint density at radius 2 is 2.11 bits per heavy atom. The monoisotopic (exact) mass is 241 g/mol. The van der Waals surface area contributed by atoms with Crippen molar-refractivity contribution < 1.29 is 0 Å². The van der Waals surface area contributed by atoms with E-state index in [1.807, 2.05) is 18.3 Å². The molecule has 3 heteroatoms. The number of para-hydroxylation sites is 1. The zero-order chi connectivity index (χ0) is 12.8. The molecular formula is C15H19N3. The largest absolute Gasteiger partial charge is 0.397 e. The van der Waals surface area contributed by atoms with Gasteiger partial charge in [-0.2, -0.15) is 0 Å². The Hall–Kier alpha value is -1.77. The molecule has 1 aromatic carbocycles. The topological polar surface area (TPSA) is 42.2 Å². The van der Waals surface area contributed by atoms with Crippen molar-refractivity contribution in [2.75, 3.05) is 23.7 Å². The van der Waals surface area contributed by atoms with Gasteiger partial charge in [-0.1, -0.05) is 26.0 Å². The Bertz CT molecular complexity index is 589. The molecule has 0 spiro atoms. The highest BCUT2D eigenvalue weighted by Gasteiger charge is 2.30. The summed E-state index contributed by atoms with van der Waals surface area (Å²) < 4.78 is 0. The van der Waals surface area contributed by atoms with Gasteiger partial charge in [0.15, 0.2) is 0 Å². The van der Waals surface area contributed by atoms with E-state index in [0.717, 1.165) is 29.7 Å². The summed E-state index contributed by atoms with van der Waals surface area (Å²) in [7, 11) is 0. The van der Waals surface area contributed by atoms with Crippen LogP contribution in [0.2, 0.25) is 0 Å². The van der Waals surface area contributed by atoms with Gasteiger partial charge in [-0.15, -0.1) is 0 Å². The fourth-order valence-electron chi connectivity index (χ4n) is 2.78. The molecule has 0 saturated carbocycles. The number of nitrogens with two attached hydrogens (primary N) is 1. The van der Waals surface area contributed by atoms with Crippen LogP contribution in [0.4, 0.5) is 11.4 Å². The number of nitrogens with zero attached hydrogens (tertiary/aromatic N) is 2. The Labute approximate surface area is 108 Å². The van der Waals surface area contributed by atoms with Crippen molar-refractivity contribution in [3.63, 3.8) is 0 Å². The highest BCUT2D eigenvalue weighted by Crippen LogP contribution is 2.36. The van der Waals surface area contributed by atoms with Gasteiger partial charge in [0.05, 0.1) is 11.2 Å². The van der Waals surface area contributed by atoms with Gasteiger partial charge in [0.2, 0.25) is 0 Å². The van der Waals surface area contributed by atoms with E-state index in [1.165, 1.54) is 12.1 Å². The van der Waals surface area contributed by atoms with Gasteiger partial charge in [-0.3, -0.25) is 4.98 Å². The third kappa shape index (κ3) is 1.80. The van der Waals surface area contributed by atoms with E-state index in [0.29, 0.717) is 5.41 Å². The molecule has 2 aromatic rings. The number of hydrogen-bond acceptors (Lipinski definition) is 3. The molecule has 0 atom stereocenters. The summed E-state index contributed by atoms with van der Waals surface area (Å²) >= 11 is 0. The molecule has 1 saturated heterocycles. The highest BCUT2D eigenvalue weighted by atomic mass is 15.2. The van der Waals surface area contributed by atoms with Crippen LogP contribution in [0.5, 0.6) is 0 Å². The molecule has 2 N–H and O–H groups in total. The molecule has 1 aliphatic heterocycles. The maximum absolute atomic E-state index is 6.00. The van der Waals surface area contributed by atoms with Crippen LogP contribution in [-0.2, 0) is 0 Å². The predicted molar refractivity (Wildman–Crippen MR) is 76.8 cm³/mol. The van der Waals surface area contributed by atoms with E-state index < -0.39 is 0 Å². The second-order valence-electron chi connectivity index (χ2n) is 5.91. The van der Waals surface area contributed by atoms with Crippen molar-refractivity contribution in [2.45, 2.75) is 20.3 Å². The lowest BCUT2D eigenvalue weighted by Crippen LogP contribution is -2.22. The lowest BCUT2D eigenvalue weighted by atomic mass is 9.93. The smallest absolute Gasteiger partial charge is 0.0951 e. The molecule has 1 aliphatic rings. The second kappa shape index (κ2) is 3.87. The zero-order valence-electron chi connectivity index (χ0n) is 11.0. The van der Waals surface area contributed by atoms with Gasteiger partial charge in [-0.05, 0) is 24.0 Å². The molecule has 0 bridgehead atoms. The zero-order valence-corrected chi connectivity index (χ0v) is 11.0. The first-order valence-electron chi connectivity index (χ1n) is 6.45.